The van der Waals surface area contributed by atoms with Crippen LogP contribution in [-0.4, -0.2) is 31.4 Å². The fourth-order valence-electron chi connectivity index (χ4n) is 2.48. The van der Waals surface area contributed by atoms with Gasteiger partial charge in [-0.2, -0.15) is 0 Å². The van der Waals surface area contributed by atoms with Gasteiger partial charge in [-0.05, 0) is 43.5 Å². The molecule has 0 heterocycles. The number of nitrogens with one attached hydrogen (secondary N) is 1. The molecule has 1 aliphatic carbocycles. The van der Waals surface area contributed by atoms with Crippen LogP contribution in [0.3, 0.4) is 0 Å². The number of methoxy groups -OCH3 is 1. The van der Waals surface area contributed by atoms with Crippen LogP contribution in [-0.2, 0) is 6.54 Å². The molecule has 0 saturated heterocycles. The Hall–Kier alpha value is -1.55. The number of rotatable bonds is 6. The van der Waals surface area contributed by atoms with Gasteiger partial charge in [-0.25, -0.2) is 0 Å². The summed E-state index contributed by atoms with van der Waals surface area (Å²) in [6.45, 7) is 4.25. The third-order valence-corrected chi connectivity index (χ3v) is 3.85. The van der Waals surface area contributed by atoms with Crippen molar-refractivity contribution in [2.75, 3.05) is 20.7 Å². The van der Waals surface area contributed by atoms with Crippen molar-refractivity contribution in [1.82, 2.24) is 4.90 Å². The van der Waals surface area contributed by atoms with E-state index in [1.807, 2.05) is 18.2 Å². The molecular weight excluding hydrogens is 238 g/mol. The number of amidine groups is 1. The average molecular weight is 261 g/mol. The van der Waals surface area contributed by atoms with Crippen molar-refractivity contribution in [1.29, 1.82) is 5.41 Å². The normalized spacial score (nSPS) is 21.5. The highest BCUT2D eigenvalue weighted by Crippen LogP contribution is 2.38. The fourth-order valence-corrected chi connectivity index (χ4v) is 2.48. The molecule has 0 amide bonds. The second-order valence-corrected chi connectivity index (χ2v) is 5.61. The number of ether oxygens (including phenoxy) is 1. The Balaban J connectivity index is 2.08. The summed E-state index contributed by atoms with van der Waals surface area (Å²) in [5.41, 5.74) is 7.39. The van der Waals surface area contributed by atoms with Crippen molar-refractivity contribution in [3.05, 3.63) is 29.3 Å². The van der Waals surface area contributed by atoms with Gasteiger partial charge in [-0.1, -0.05) is 6.92 Å². The lowest BCUT2D eigenvalue weighted by Crippen LogP contribution is -2.22. The lowest BCUT2D eigenvalue weighted by Gasteiger charge is -2.19. The quantitative estimate of drug-likeness (QED) is 0.608. The standard InChI is InChI=1S/C15H23N3O/c1-10-6-12(10)8-18(2)9-13-7-11(15(16)17)4-5-14(13)19-3/h4-5,7,10,12H,6,8-9H2,1-3H3,(H3,16,17). The predicted octanol–water partition coefficient (Wildman–Crippen LogP) is 2.07. The van der Waals surface area contributed by atoms with Gasteiger partial charge in [0.05, 0.1) is 7.11 Å². The van der Waals surface area contributed by atoms with Gasteiger partial charge < -0.3 is 15.4 Å². The van der Waals surface area contributed by atoms with Gasteiger partial charge in [0.25, 0.3) is 0 Å². The van der Waals surface area contributed by atoms with E-state index in [0.717, 1.165) is 41.8 Å². The van der Waals surface area contributed by atoms with Gasteiger partial charge in [0.15, 0.2) is 0 Å². The number of nitrogens with two attached hydrogens (primary N) is 1. The molecule has 0 radical (unpaired) electrons. The Kier molecular flexibility index (Phi) is 4.10. The van der Waals surface area contributed by atoms with Crippen molar-refractivity contribution < 1.29 is 4.74 Å². The van der Waals surface area contributed by atoms with Crippen LogP contribution in [0.15, 0.2) is 18.2 Å². The van der Waals surface area contributed by atoms with Crippen LogP contribution in [0.5, 0.6) is 5.75 Å². The van der Waals surface area contributed by atoms with E-state index in [-0.39, 0.29) is 5.84 Å². The first kappa shape index (κ1) is 13.9. The lowest BCUT2D eigenvalue weighted by molar-refractivity contribution is 0.300. The lowest BCUT2D eigenvalue weighted by atomic mass is 10.1. The van der Waals surface area contributed by atoms with Crippen LogP contribution in [0.1, 0.15) is 24.5 Å². The number of nitrogen functional groups attached to an aromatic ring is 1. The largest absolute Gasteiger partial charge is 0.496 e. The third kappa shape index (κ3) is 3.47. The zero-order valence-corrected chi connectivity index (χ0v) is 11.9. The number of hydrogen-bond acceptors (Lipinski definition) is 3. The van der Waals surface area contributed by atoms with E-state index in [9.17, 15) is 0 Å². The third-order valence-electron chi connectivity index (χ3n) is 3.85. The molecule has 3 N–H and O–H groups in total. The van der Waals surface area contributed by atoms with Gasteiger partial charge in [-0.3, -0.25) is 5.41 Å². The summed E-state index contributed by atoms with van der Waals surface area (Å²) in [5.74, 6) is 2.67. The van der Waals surface area contributed by atoms with Gasteiger partial charge in [0, 0.05) is 24.2 Å². The molecule has 104 valence electrons. The van der Waals surface area contributed by atoms with Crippen LogP contribution in [0.4, 0.5) is 0 Å². The van der Waals surface area contributed by atoms with E-state index >= 15 is 0 Å². The Morgan fingerprint density at radius 1 is 1.53 bits per heavy atom. The van der Waals surface area contributed by atoms with Crippen LogP contribution in [0.2, 0.25) is 0 Å². The molecule has 1 aliphatic rings. The molecule has 2 rings (SSSR count). The molecule has 2 atom stereocenters. The Morgan fingerprint density at radius 3 is 2.74 bits per heavy atom. The zero-order valence-electron chi connectivity index (χ0n) is 11.9. The van der Waals surface area contributed by atoms with E-state index in [2.05, 4.69) is 18.9 Å². The minimum atomic E-state index is 0.0994. The SMILES string of the molecule is COc1ccc(C(=N)N)cc1CN(C)CC1CC1C. The highest BCUT2D eigenvalue weighted by molar-refractivity contribution is 5.95. The first-order valence-corrected chi connectivity index (χ1v) is 6.71. The zero-order chi connectivity index (χ0) is 14.0. The molecule has 1 aromatic carbocycles. The number of benzene rings is 1. The van der Waals surface area contributed by atoms with Crippen molar-refractivity contribution >= 4 is 5.84 Å². The van der Waals surface area contributed by atoms with E-state index < -0.39 is 0 Å². The summed E-state index contributed by atoms with van der Waals surface area (Å²) < 4.78 is 5.38. The monoisotopic (exact) mass is 261 g/mol. The Bertz CT molecular complexity index is 472. The summed E-state index contributed by atoms with van der Waals surface area (Å²) in [6, 6.07) is 5.67. The summed E-state index contributed by atoms with van der Waals surface area (Å²) in [6.07, 6.45) is 1.34. The molecule has 0 spiro atoms. The Morgan fingerprint density at radius 2 is 2.21 bits per heavy atom. The van der Waals surface area contributed by atoms with Crippen LogP contribution < -0.4 is 10.5 Å². The summed E-state index contributed by atoms with van der Waals surface area (Å²) in [5, 5.41) is 7.51. The van der Waals surface area contributed by atoms with Gasteiger partial charge in [0.1, 0.15) is 11.6 Å². The predicted molar refractivity (Wildman–Crippen MR) is 77.6 cm³/mol. The summed E-state index contributed by atoms with van der Waals surface area (Å²) in [7, 11) is 3.81. The molecule has 2 unspecified atom stereocenters. The smallest absolute Gasteiger partial charge is 0.123 e. The van der Waals surface area contributed by atoms with Crippen molar-refractivity contribution in [2.45, 2.75) is 19.9 Å². The average Bonchev–Trinajstić information content (AvgIpc) is 3.04. The topological polar surface area (TPSA) is 62.3 Å². The maximum absolute atomic E-state index is 7.51. The number of hydrogen-bond donors (Lipinski definition) is 2. The van der Waals surface area contributed by atoms with Crippen molar-refractivity contribution in [3.63, 3.8) is 0 Å². The van der Waals surface area contributed by atoms with Gasteiger partial charge in [-0.15, -0.1) is 0 Å². The van der Waals surface area contributed by atoms with Crippen molar-refractivity contribution in [2.24, 2.45) is 17.6 Å². The Labute approximate surface area is 115 Å². The molecule has 0 aliphatic heterocycles. The first-order valence-electron chi connectivity index (χ1n) is 6.71. The van der Waals surface area contributed by atoms with Crippen molar-refractivity contribution in [3.8, 4) is 5.75 Å². The second kappa shape index (κ2) is 5.61. The fraction of sp³-hybridized carbons (Fsp3) is 0.533. The molecule has 4 heteroatoms. The van der Waals surface area contributed by atoms with E-state index in [4.69, 9.17) is 15.9 Å². The second-order valence-electron chi connectivity index (χ2n) is 5.61. The molecular formula is C15H23N3O. The van der Waals surface area contributed by atoms with E-state index in [1.165, 1.54) is 6.42 Å². The maximum atomic E-state index is 7.51. The van der Waals surface area contributed by atoms with Crippen LogP contribution in [0.25, 0.3) is 0 Å². The highest BCUT2D eigenvalue weighted by Gasteiger charge is 2.33. The minimum Gasteiger partial charge on any atom is -0.496 e. The summed E-state index contributed by atoms with van der Waals surface area (Å²) >= 11 is 0. The maximum Gasteiger partial charge on any atom is 0.123 e. The van der Waals surface area contributed by atoms with Gasteiger partial charge in [0.2, 0.25) is 0 Å². The molecule has 0 aromatic heterocycles. The number of nitrogens with zero attached hydrogens (tertiary/aromatic N) is 1. The minimum absolute atomic E-state index is 0.0994. The summed E-state index contributed by atoms with van der Waals surface area (Å²) in [4.78, 5) is 2.32. The molecule has 1 fully saturated rings. The molecule has 1 saturated carbocycles. The molecule has 4 nitrogen and oxygen atoms in total. The highest BCUT2D eigenvalue weighted by atomic mass is 16.5. The van der Waals surface area contributed by atoms with E-state index in [0.29, 0.717) is 0 Å². The molecule has 0 bridgehead atoms. The molecule has 1 aromatic rings. The van der Waals surface area contributed by atoms with E-state index in [1.54, 1.807) is 7.11 Å². The van der Waals surface area contributed by atoms with Crippen LogP contribution in [0, 0.1) is 17.2 Å². The van der Waals surface area contributed by atoms with Gasteiger partial charge >= 0.3 is 0 Å². The molecule has 19 heavy (non-hydrogen) atoms. The van der Waals surface area contributed by atoms with Crippen LogP contribution >= 0.6 is 0 Å². The first-order chi connectivity index (χ1) is 9.01.